The number of rotatable bonds is 6. The van der Waals surface area contributed by atoms with Gasteiger partial charge in [-0.1, -0.05) is 38.3 Å². The minimum absolute atomic E-state index is 0.568. The lowest BCUT2D eigenvalue weighted by Gasteiger charge is -2.10. The van der Waals surface area contributed by atoms with Crippen LogP contribution in [-0.2, 0) is 0 Å². The molecule has 0 spiro atoms. The van der Waals surface area contributed by atoms with Gasteiger partial charge in [-0.05, 0) is 18.9 Å². The van der Waals surface area contributed by atoms with Crippen LogP contribution in [-0.4, -0.2) is 12.6 Å². The van der Waals surface area contributed by atoms with E-state index in [2.05, 4.69) is 32.3 Å². The smallest absolute Gasteiger partial charge is 0.0207 e. The van der Waals surface area contributed by atoms with Crippen LogP contribution < -0.4 is 5.32 Å². The molecule has 0 aliphatic heterocycles. The van der Waals surface area contributed by atoms with Gasteiger partial charge in [-0.2, -0.15) is 0 Å². The van der Waals surface area contributed by atoms with E-state index in [1.807, 2.05) is 12.2 Å². The average Bonchev–Trinajstić information content (AvgIpc) is 2.11. The zero-order valence-corrected chi connectivity index (χ0v) is 8.14. The number of allylic oxidation sites excluding steroid dienone is 2. The fraction of sp³-hybridized carbons (Fsp3) is 0.455. The highest BCUT2D eigenvalue weighted by Crippen LogP contribution is 1.96. The molecule has 0 aliphatic carbocycles. The van der Waals surface area contributed by atoms with Crippen LogP contribution in [0.2, 0.25) is 0 Å². The second-order valence-electron chi connectivity index (χ2n) is 2.87. The molecule has 0 aromatic rings. The van der Waals surface area contributed by atoms with E-state index in [0.29, 0.717) is 6.04 Å². The topological polar surface area (TPSA) is 12.0 Å². The molecule has 0 aliphatic rings. The zero-order chi connectivity index (χ0) is 9.40. The van der Waals surface area contributed by atoms with Crippen molar-refractivity contribution in [1.29, 1.82) is 0 Å². The van der Waals surface area contributed by atoms with Crippen molar-refractivity contribution in [2.45, 2.75) is 26.3 Å². The molecule has 0 saturated carbocycles. The first-order chi connectivity index (χ1) is 5.74. The Hall–Kier alpha value is -0.820. The molecule has 1 heteroatoms. The van der Waals surface area contributed by atoms with Crippen molar-refractivity contribution < 1.29 is 0 Å². The molecule has 1 nitrogen and oxygen atoms in total. The molecule has 0 fully saturated rings. The molecular formula is C11H19N. The summed E-state index contributed by atoms with van der Waals surface area (Å²) in [5.41, 5.74) is 1.19. The Kier molecular flexibility index (Phi) is 6.39. The number of nitrogens with one attached hydrogen (secondary N) is 1. The molecule has 0 rings (SSSR count). The van der Waals surface area contributed by atoms with Gasteiger partial charge in [0.1, 0.15) is 0 Å². The summed E-state index contributed by atoms with van der Waals surface area (Å²) in [7, 11) is 0. The number of hydrogen-bond acceptors (Lipinski definition) is 1. The Morgan fingerprint density at radius 2 is 2.17 bits per heavy atom. The van der Waals surface area contributed by atoms with Crippen LogP contribution >= 0.6 is 0 Å². The van der Waals surface area contributed by atoms with Gasteiger partial charge in [0, 0.05) is 12.6 Å². The minimum atomic E-state index is 0.568. The van der Waals surface area contributed by atoms with E-state index >= 15 is 0 Å². The van der Waals surface area contributed by atoms with Crippen LogP contribution in [0, 0.1) is 0 Å². The van der Waals surface area contributed by atoms with Gasteiger partial charge < -0.3 is 5.32 Å². The van der Waals surface area contributed by atoms with Gasteiger partial charge in [-0.15, -0.1) is 0 Å². The summed E-state index contributed by atoms with van der Waals surface area (Å²) in [6, 6.07) is 0.568. The summed E-state index contributed by atoms with van der Waals surface area (Å²) in [6.07, 6.45) is 6.77. The molecule has 1 N–H and O–H groups in total. The quantitative estimate of drug-likeness (QED) is 0.597. The van der Waals surface area contributed by atoms with Crippen LogP contribution in [0.5, 0.6) is 0 Å². The molecule has 0 amide bonds. The van der Waals surface area contributed by atoms with Gasteiger partial charge in [0.15, 0.2) is 0 Å². The summed E-state index contributed by atoms with van der Waals surface area (Å²) in [5, 5.41) is 3.38. The van der Waals surface area contributed by atoms with Gasteiger partial charge in [-0.25, -0.2) is 0 Å². The van der Waals surface area contributed by atoms with E-state index in [0.717, 1.165) is 13.0 Å². The second-order valence-corrected chi connectivity index (χ2v) is 2.87. The van der Waals surface area contributed by atoms with Crippen molar-refractivity contribution >= 4 is 0 Å². The van der Waals surface area contributed by atoms with Crippen molar-refractivity contribution in [2.75, 3.05) is 6.54 Å². The molecule has 0 heterocycles. The molecule has 0 aromatic heterocycles. The Morgan fingerprint density at radius 1 is 1.50 bits per heavy atom. The summed E-state index contributed by atoms with van der Waals surface area (Å²) in [4.78, 5) is 0. The lowest BCUT2D eigenvalue weighted by Crippen LogP contribution is -2.26. The third kappa shape index (κ3) is 4.91. The van der Waals surface area contributed by atoms with Gasteiger partial charge in [-0.3, -0.25) is 0 Å². The standard InChI is InChI=1S/C11H19N/c1-5-8-11(7-3)9-12-10(4)6-2/h5,7-8,10,12H,1,3,6,9H2,2,4H3/b11-8+. The van der Waals surface area contributed by atoms with Crippen LogP contribution in [0.15, 0.2) is 37.0 Å². The first-order valence-electron chi connectivity index (χ1n) is 4.42. The van der Waals surface area contributed by atoms with Gasteiger partial charge in [0.25, 0.3) is 0 Å². The monoisotopic (exact) mass is 165 g/mol. The third-order valence-corrected chi connectivity index (χ3v) is 1.86. The first kappa shape index (κ1) is 11.2. The highest BCUT2D eigenvalue weighted by molar-refractivity contribution is 5.22. The third-order valence-electron chi connectivity index (χ3n) is 1.86. The van der Waals surface area contributed by atoms with Crippen LogP contribution in [0.3, 0.4) is 0 Å². The SMILES string of the molecule is C=C/C=C(\C=C)CNC(C)CC. The Bertz CT molecular complexity index is 168. The summed E-state index contributed by atoms with van der Waals surface area (Å²) < 4.78 is 0. The first-order valence-corrected chi connectivity index (χ1v) is 4.42. The molecule has 1 atom stereocenters. The molecule has 0 radical (unpaired) electrons. The molecule has 12 heavy (non-hydrogen) atoms. The van der Waals surface area contributed by atoms with E-state index in [-0.39, 0.29) is 0 Å². The summed E-state index contributed by atoms with van der Waals surface area (Å²) >= 11 is 0. The highest BCUT2D eigenvalue weighted by atomic mass is 14.9. The van der Waals surface area contributed by atoms with Crippen LogP contribution in [0.4, 0.5) is 0 Å². The summed E-state index contributed by atoms with van der Waals surface area (Å²) in [6.45, 7) is 12.6. The number of hydrogen-bond donors (Lipinski definition) is 1. The normalized spacial score (nSPS) is 14.0. The molecular weight excluding hydrogens is 146 g/mol. The average molecular weight is 165 g/mol. The highest BCUT2D eigenvalue weighted by Gasteiger charge is 1.96. The Labute approximate surface area is 75.9 Å². The maximum Gasteiger partial charge on any atom is 0.0207 e. The van der Waals surface area contributed by atoms with E-state index in [1.54, 1.807) is 6.08 Å². The predicted molar refractivity (Wildman–Crippen MR) is 56.2 cm³/mol. The molecule has 68 valence electrons. The van der Waals surface area contributed by atoms with Crippen molar-refractivity contribution in [1.82, 2.24) is 5.32 Å². The van der Waals surface area contributed by atoms with Crippen molar-refractivity contribution in [3.05, 3.63) is 37.0 Å². The molecule has 1 unspecified atom stereocenters. The van der Waals surface area contributed by atoms with E-state index in [4.69, 9.17) is 0 Å². The fourth-order valence-electron chi connectivity index (χ4n) is 0.787. The maximum absolute atomic E-state index is 3.73. The van der Waals surface area contributed by atoms with E-state index < -0.39 is 0 Å². The lowest BCUT2D eigenvalue weighted by molar-refractivity contribution is 0.562. The van der Waals surface area contributed by atoms with Gasteiger partial charge in [0.05, 0.1) is 0 Å². The van der Waals surface area contributed by atoms with Gasteiger partial charge in [0.2, 0.25) is 0 Å². The predicted octanol–water partition coefficient (Wildman–Crippen LogP) is 2.67. The Balaban J connectivity index is 3.80. The maximum atomic E-state index is 3.73. The van der Waals surface area contributed by atoms with Gasteiger partial charge >= 0.3 is 0 Å². The lowest BCUT2D eigenvalue weighted by atomic mass is 10.2. The molecule has 0 bridgehead atoms. The van der Waals surface area contributed by atoms with E-state index in [9.17, 15) is 0 Å². The molecule has 0 saturated heterocycles. The Morgan fingerprint density at radius 3 is 2.58 bits per heavy atom. The summed E-state index contributed by atoms with van der Waals surface area (Å²) in [5.74, 6) is 0. The van der Waals surface area contributed by atoms with Crippen LogP contribution in [0.1, 0.15) is 20.3 Å². The van der Waals surface area contributed by atoms with Crippen molar-refractivity contribution in [3.63, 3.8) is 0 Å². The van der Waals surface area contributed by atoms with Crippen molar-refractivity contribution in [2.24, 2.45) is 0 Å². The fourth-order valence-corrected chi connectivity index (χ4v) is 0.787. The largest absolute Gasteiger partial charge is 0.310 e. The van der Waals surface area contributed by atoms with Crippen molar-refractivity contribution in [3.8, 4) is 0 Å². The van der Waals surface area contributed by atoms with E-state index in [1.165, 1.54) is 5.57 Å². The zero-order valence-electron chi connectivity index (χ0n) is 8.14. The minimum Gasteiger partial charge on any atom is -0.310 e. The van der Waals surface area contributed by atoms with Crippen LogP contribution in [0.25, 0.3) is 0 Å². The molecule has 0 aromatic carbocycles. The second kappa shape index (κ2) is 6.86.